The van der Waals surface area contributed by atoms with Crippen LogP contribution >= 0.6 is 7.60 Å². The van der Waals surface area contributed by atoms with Crippen LogP contribution in [0.5, 0.6) is 5.75 Å². The molecule has 1 saturated heterocycles. The molecule has 1 unspecified atom stereocenters. The molecule has 0 radical (unpaired) electrons. The van der Waals surface area contributed by atoms with Crippen molar-refractivity contribution in [2.45, 2.75) is 5.78 Å². The van der Waals surface area contributed by atoms with Crippen molar-refractivity contribution in [3.63, 3.8) is 0 Å². The Labute approximate surface area is 143 Å². The van der Waals surface area contributed by atoms with Crippen LogP contribution in [0.3, 0.4) is 0 Å². The van der Waals surface area contributed by atoms with E-state index in [9.17, 15) is 4.57 Å². The van der Waals surface area contributed by atoms with E-state index < -0.39 is 13.4 Å². The Hall–Kier alpha value is -0.950. The van der Waals surface area contributed by atoms with Crippen molar-refractivity contribution in [2.75, 3.05) is 60.7 Å². The van der Waals surface area contributed by atoms with E-state index in [1.165, 1.54) is 14.2 Å². The topological polar surface area (TPSA) is 69.3 Å². The van der Waals surface area contributed by atoms with E-state index in [0.717, 1.165) is 44.2 Å². The SMILES string of the molecule is COc1ccc(C(NCCN2CCOCC2)P(=O)(OC)OC)cc1. The largest absolute Gasteiger partial charge is 0.497 e. The third kappa shape index (κ3) is 5.02. The van der Waals surface area contributed by atoms with E-state index in [2.05, 4.69) is 10.2 Å². The molecule has 0 saturated carbocycles. The van der Waals surface area contributed by atoms with Crippen LogP contribution in [0.2, 0.25) is 0 Å². The summed E-state index contributed by atoms with van der Waals surface area (Å²) in [5.41, 5.74) is 0.838. The van der Waals surface area contributed by atoms with E-state index in [-0.39, 0.29) is 0 Å². The quantitative estimate of drug-likeness (QED) is 0.678. The lowest BCUT2D eigenvalue weighted by Gasteiger charge is -2.29. The maximum Gasteiger partial charge on any atom is 0.351 e. The summed E-state index contributed by atoms with van der Waals surface area (Å²) < 4.78 is 33.9. The first kappa shape index (κ1) is 19.4. The monoisotopic (exact) mass is 358 g/mol. The Kier molecular flexibility index (Phi) is 7.68. The molecule has 0 amide bonds. The van der Waals surface area contributed by atoms with Gasteiger partial charge in [0.1, 0.15) is 11.5 Å². The zero-order valence-corrected chi connectivity index (χ0v) is 15.5. The lowest BCUT2D eigenvalue weighted by atomic mass is 10.2. The predicted molar refractivity (Wildman–Crippen MR) is 92.6 cm³/mol. The van der Waals surface area contributed by atoms with Gasteiger partial charge in [0.25, 0.3) is 0 Å². The summed E-state index contributed by atoms with van der Waals surface area (Å²) in [6, 6.07) is 7.41. The minimum absolute atomic E-state index is 0.528. The second kappa shape index (κ2) is 9.51. The Morgan fingerprint density at radius 2 is 1.79 bits per heavy atom. The Morgan fingerprint density at radius 1 is 1.17 bits per heavy atom. The molecule has 0 bridgehead atoms. The molecule has 7 nitrogen and oxygen atoms in total. The fourth-order valence-electron chi connectivity index (χ4n) is 2.67. The van der Waals surface area contributed by atoms with Crippen molar-refractivity contribution >= 4 is 7.60 Å². The number of nitrogens with zero attached hydrogens (tertiary/aromatic N) is 1. The van der Waals surface area contributed by atoms with Gasteiger partial charge in [0.05, 0.1) is 20.3 Å². The fourth-order valence-corrected chi connectivity index (χ4v) is 4.13. The van der Waals surface area contributed by atoms with Crippen LogP contribution in [0.15, 0.2) is 24.3 Å². The molecule has 1 aromatic carbocycles. The van der Waals surface area contributed by atoms with Gasteiger partial charge in [-0.2, -0.15) is 0 Å². The first-order chi connectivity index (χ1) is 11.6. The molecule has 136 valence electrons. The highest BCUT2D eigenvalue weighted by Crippen LogP contribution is 2.58. The molecular formula is C16H27N2O5P. The van der Waals surface area contributed by atoms with Gasteiger partial charge in [0.15, 0.2) is 0 Å². The molecule has 8 heteroatoms. The second-order valence-corrected chi connectivity index (χ2v) is 7.82. The van der Waals surface area contributed by atoms with E-state index >= 15 is 0 Å². The average Bonchev–Trinajstić information content (AvgIpc) is 2.65. The summed E-state index contributed by atoms with van der Waals surface area (Å²) in [4.78, 5) is 2.31. The number of nitrogens with one attached hydrogen (secondary N) is 1. The number of benzene rings is 1. The van der Waals surface area contributed by atoms with Gasteiger partial charge in [-0.1, -0.05) is 12.1 Å². The van der Waals surface area contributed by atoms with Crippen molar-refractivity contribution in [3.05, 3.63) is 29.8 Å². The van der Waals surface area contributed by atoms with Gasteiger partial charge in [0, 0.05) is 40.4 Å². The maximum atomic E-state index is 12.9. The van der Waals surface area contributed by atoms with Crippen LogP contribution in [0, 0.1) is 0 Å². The summed E-state index contributed by atoms with van der Waals surface area (Å²) in [6.07, 6.45) is 0. The Bertz CT molecular complexity index is 526. The fraction of sp³-hybridized carbons (Fsp3) is 0.625. The first-order valence-electron chi connectivity index (χ1n) is 8.01. The van der Waals surface area contributed by atoms with Gasteiger partial charge in [-0.25, -0.2) is 0 Å². The molecule has 1 N–H and O–H groups in total. The summed E-state index contributed by atoms with van der Waals surface area (Å²) in [6.45, 7) is 4.88. The van der Waals surface area contributed by atoms with Gasteiger partial charge in [-0.3, -0.25) is 14.8 Å². The van der Waals surface area contributed by atoms with Crippen molar-refractivity contribution in [2.24, 2.45) is 0 Å². The summed E-state index contributed by atoms with van der Waals surface area (Å²) in [5, 5.41) is 3.33. The zero-order chi connectivity index (χ0) is 17.4. The minimum atomic E-state index is -3.30. The lowest BCUT2D eigenvalue weighted by molar-refractivity contribution is 0.0382. The van der Waals surface area contributed by atoms with Crippen molar-refractivity contribution in [1.29, 1.82) is 0 Å². The highest BCUT2D eigenvalue weighted by atomic mass is 31.2. The molecule has 1 heterocycles. The highest BCUT2D eigenvalue weighted by molar-refractivity contribution is 7.54. The minimum Gasteiger partial charge on any atom is -0.497 e. The molecule has 24 heavy (non-hydrogen) atoms. The molecule has 1 aromatic rings. The van der Waals surface area contributed by atoms with Crippen molar-refractivity contribution < 1.29 is 23.1 Å². The molecule has 0 aromatic heterocycles. The summed E-state index contributed by atoms with van der Waals surface area (Å²) in [7, 11) is 1.13. The van der Waals surface area contributed by atoms with E-state index in [0.29, 0.717) is 6.54 Å². The average molecular weight is 358 g/mol. The molecule has 1 aliphatic heterocycles. The maximum absolute atomic E-state index is 12.9. The lowest BCUT2D eigenvalue weighted by Crippen LogP contribution is -2.40. The number of hydrogen-bond donors (Lipinski definition) is 1. The number of morpholine rings is 1. The molecule has 1 atom stereocenters. The van der Waals surface area contributed by atoms with Crippen LogP contribution in [0.1, 0.15) is 11.3 Å². The van der Waals surface area contributed by atoms with Crippen LogP contribution in [-0.4, -0.2) is 65.6 Å². The summed E-state index contributed by atoms with van der Waals surface area (Å²) in [5.74, 6) is 0.218. The van der Waals surface area contributed by atoms with Crippen LogP contribution in [0.25, 0.3) is 0 Å². The van der Waals surface area contributed by atoms with Crippen molar-refractivity contribution in [1.82, 2.24) is 10.2 Å². The van der Waals surface area contributed by atoms with E-state index in [1.807, 2.05) is 24.3 Å². The standard InChI is InChI=1S/C16H27N2O5P/c1-20-15-6-4-14(5-7-15)16(24(19,21-2)22-3)17-8-9-18-10-12-23-13-11-18/h4-7,16-17H,8-13H2,1-3H3. The molecule has 0 aliphatic carbocycles. The number of hydrogen-bond acceptors (Lipinski definition) is 7. The molecule has 2 rings (SSSR count). The van der Waals surface area contributed by atoms with Crippen LogP contribution < -0.4 is 10.1 Å². The van der Waals surface area contributed by atoms with Gasteiger partial charge < -0.3 is 18.5 Å². The zero-order valence-electron chi connectivity index (χ0n) is 14.6. The van der Waals surface area contributed by atoms with Gasteiger partial charge in [-0.15, -0.1) is 0 Å². The number of rotatable bonds is 9. The normalized spacial score (nSPS) is 17.6. The van der Waals surface area contributed by atoms with Gasteiger partial charge in [0.2, 0.25) is 0 Å². The first-order valence-corrected chi connectivity index (χ1v) is 9.62. The van der Waals surface area contributed by atoms with E-state index in [4.69, 9.17) is 18.5 Å². The Balaban J connectivity index is 2.05. The van der Waals surface area contributed by atoms with E-state index in [1.54, 1.807) is 7.11 Å². The Morgan fingerprint density at radius 3 is 2.33 bits per heavy atom. The van der Waals surface area contributed by atoms with Crippen molar-refractivity contribution in [3.8, 4) is 5.75 Å². The summed E-state index contributed by atoms with van der Waals surface area (Å²) >= 11 is 0. The third-order valence-electron chi connectivity index (χ3n) is 4.13. The predicted octanol–water partition coefficient (Wildman–Crippen LogP) is 2.10. The molecule has 1 aliphatic rings. The smallest absolute Gasteiger partial charge is 0.351 e. The second-order valence-electron chi connectivity index (χ2n) is 5.49. The third-order valence-corrected chi connectivity index (χ3v) is 6.26. The highest BCUT2D eigenvalue weighted by Gasteiger charge is 2.35. The molecule has 1 fully saturated rings. The molecule has 0 spiro atoms. The van der Waals surface area contributed by atoms with Gasteiger partial charge >= 0.3 is 7.60 Å². The van der Waals surface area contributed by atoms with Crippen LogP contribution in [-0.2, 0) is 18.3 Å². The number of methoxy groups -OCH3 is 1. The molecular weight excluding hydrogens is 331 g/mol. The van der Waals surface area contributed by atoms with Crippen LogP contribution in [0.4, 0.5) is 0 Å². The van der Waals surface area contributed by atoms with Gasteiger partial charge in [-0.05, 0) is 17.7 Å². The number of ether oxygens (including phenoxy) is 2.